The number of nitrogens with zero attached hydrogens (tertiary/aromatic N) is 3. The van der Waals surface area contributed by atoms with Crippen LogP contribution in [0, 0.1) is 5.92 Å². The Kier molecular flexibility index (Phi) is 3.65. The number of carbonyl (C=O) groups excluding carboxylic acids is 1. The Hall–Kier alpha value is -2.12. The first-order valence-corrected chi connectivity index (χ1v) is 6.41. The summed E-state index contributed by atoms with van der Waals surface area (Å²) in [5, 5.41) is 15.5. The maximum atomic E-state index is 11.6. The van der Waals surface area contributed by atoms with E-state index in [-0.39, 0.29) is 12.5 Å². The van der Waals surface area contributed by atoms with Gasteiger partial charge in [-0.15, -0.1) is 5.10 Å². The molecule has 110 valence electrons. The van der Waals surface area contributed by atoms with Gasteiger partial charge in [0.1, 0.15) is 11.4 Å². The molecule has 0 aromatic carbocycles. The molecule has 20 heavy (non-hydrogen) atoms. The number of ether oxygens (including phenoxy) is 1. The van der Waals surface area contributed by atoms with Gasteiger partial charge in [-0.2, -0.15) is 4.98 Å². The van der Waals surface area contributed by atoms with E-state index in [1.54, 1.807) is 20.8 Å². The Morgan fingerprint density at radius 3 is 2.75 bits per heavy atom. The van der Waals surface area contributed by atoms with Crippen molar-refractivity contribution in [2.75, 3.05) is 5.32 Å². The van der Waals surface area contributed by atoms with Crippen LogP contribution >= 0.6 is 0 Å². The molecule has 2 heterocycles. The van der Waals surface area contributed by atoms with Gasteiger partial charge < -0.3 is 9.84 Å². The zero-order chi connectivity index (χ0) is 14.9. The Bertz CT molecular complexity index is 532. The van der Waals surface area contributed by atoms with E-state index in [2.05, 4.69) is 15.4 Å². The zero-order valence-electron chi connectivity index (χ0n) is 11.7. The van der Waals surface area contributed by atoms with Crippen molar-refractivity contribution in [2.24, 2.45) is 5.92 Å². The molecule has 2 rings (SSSR count). The number of aromatic nitrogens is 3. The minimum atomic E-state index is -0.840. The molecule has 1 aromatic heterocycles. The minimum Gasteiger partial charge on any atom is -0.481 e. The van der Waals surface area contributed by atoms with Crippen LogP contribution in [0.4, 0.5) is 10.7 Å². The van der Waals surface area contributed by atoms with E-state index >= 15 is 0 Å². The number of carboxylic acids is 1. The summed E-state index contributed by atoms with van der Waals surface area (Å²) in [7, 11) is 0. The molecule has 8 nitrogen and oxygen atoms in total. The van der Waals surface area contributed by atoms with Crippen LogP contribution < -0.4 is 5.32 Å². The van der Waals surface area contributed by atoms with Crippen LogP contribution in [0.2, 0.25) is 0 Å². The molecular weight excluding hydrogens is 264 g/mol. The van der Waals surface area contributed by atoms with Crippen molar-refractivity contribution in [1.29, 1.82) is 0 Å². The summed E-state index contributed by atoms with van der Waals surface area (Å²) >= 11 is 0. The van der Waals surface area contributed by atoms with E-state index < -0.39 is 23.6 Å². The Morgan fingerprint density at radius 1 is 1.45 bits per heavy atom. The fourth-order valence-corrected chi connectivity index (χ4v) is 1.96. The van der Waals surface area contributed by atoms with E-state index in [4.69, 9.17) is 9.84 Å². The highest BCUT2D eigenvalue weighted by molar-refractivity contribution is 5.82. The number of nitrogens with one attached hydrogen (secondary N) is 1. The third-order valence-electron chi connectivity index (χ3n) is 2.82. The highest BCUT2D eigenvalue weighted by atomic mass is 16.6. The standard InChI is InChI=1S/C12H18N4O4/c1-12(2,3)20-11(19)14-10-13-8-5-4-7(9(17)18)6-16(8)15-10/h7H,4-6H2,1-3H3,(H,17,18)(H,14,15,19). The molecule has 0 saturated carbocycles. The molecule has 0 bridgehead atoms. The van der Waals surface area contributed by atoms with Crippen LogP contribution in [-0.2, 0) is 22.5 Å². The maximum absolute atomic E-state index is 11.6. The molecule has 0 spiro atoms. The molecule has 0 fully saturated rings. The average molecular weight is 282 g/mol. The fourth-order valence-electron chi connectivity index (χ4n) is 1.96. The van der Waals surface area contributed by atoms with Crippen molar-refractivity contribution in [3.8, 4) is 0 Å². The molecule has 1 atom stereocenters. The summed E-state index contributed by atoms with van der Waals surface area (Å²) in [6.45, 7) is 5.55. The van der Waals surface area contributed by atoms with Gasteiger partial charge in [-0.05, 0) is 27.2 Å². The number of amides is 1. The summed E-state index contributed by atoms with van der Waals surface area (Å²) in [6, 6.07) is 0. The van der Waals surface area contributed by atoms with E-state index in [0.717, 1.165) is 0 Å². The molecular formula is C12H18N4O4. The number of hydrogen-bond donors (Lipinski definition) is 2. The highest BCUT2D eigenvalue weighted by Crippen LogP contribution is 2.20. The number of anilines is 1. The van der Waals surface area contributed by atoms with Gasteiger partial charge in [0.25, 0.3) is 5.95 Å². The molecule has 0 saturated heterocycles. The lowest BCUT2D eigenvalue weighted by molar-refractivity contribution is -0.142. The highest BCUT2D eigenvalue weighted by Gasteiger charge is 2.27. The number of carbonyl (C=O) groups is 2. The number of aliphatic carboxylic acids is 1. The average Bonchev–Trinajstić information content (AvgIpc) is 2.66. The predicted molar refractivity (Wildman–Crippen MR) is 69.3 cm³/mol. The van der Waals surface area contributed by atoms with Crippen molar-refractivity contribution in [3.05, 3.63) is 5.82 Å². The van der Waals surface area contributed by atoms with Crippen molar-refractivity contribution in [2.45, 2.75) is 45.8 Å². The Balaban J connectivity index is 2.03. The number of fused-ring (bicyclic) bond motifs is 1. The first-order chi connectivity index (χ1) is 9.24. The monoisotopic (exact) mass is 282 g/mol. The lowest BCUT2D eigenvalue weighted by atomic mass is 10.0. The Labute approximate surface area is 116 Å². The molecule has 0 radical (unpaired) electrons. The van der Waals surface area contributed by atoms with Crippen LogP contribution in [0.5, 0.6) is 0 Å². The van der Waals surface area contributed by atoms with Gasteiger partial charge in [-0.1, -0.05) is 0 Å². The Morgan fingerprint density at radius 2 is 2.15 bits per heavy atom. The van der Waals surface area contributed by atoms with Crippen molar-refractivity contribution < 1.29 is 19.4 Å². The maximum Gasteiger partial charge on any atom is 0.414 e. The summed E-state index contributed by atoms with van der Waals surface area (Å²) in [5.74, 6) is -0.486. The minimum absolute atomic E-state index is 0.139. The lowest BCUT2D eigenvalue weighted by Gasteiger charge is -2.18. The van der Waals surface area contributed by atoms with Crippen LogP contribution in [0.15, 0.2) is 0 Å². The third kappa shape index (κ3) is 3.46. The van der Waals surface area contributed by atoms with Crippen LogP contribution in [-0.4, -0.2) is 37.5 Å². The number of carboxylic acid groups (broad SMARTS) is 1. The van der Waals surface area contributed by atoms with Gasteiger partial charge in [-0.3, -0.25) is 10.1 Å². The third-order valence-corrected chi connectivity index (χ3v) is 2.82. The molecule has 1 aromatic rings. The van der Waals surface area contributed by atoms with Gasteiger partial charge in [0.15, 0.2) is 0 Å². The SMILES string of the molecule is CC(C)(C)OC(=O)Nc1nc2n(n1)CC(C(=O)O)CC2. The predicted octanol–water partition coefficient (Wildman–Crippen LogP) is 1.27. The molecule has 0 aliphatic carbocycles. The summed E-state index contributed by atoms with van der Waals surface area (Å²) in [6.07, 6.45) is 0.426. The van der Waals surface area contributed by atoms with Gasteiger partial charge >= 0.3 is 12.1 Å². The summed E-state index contributed by atoms with van der Waals surface area (Å²) in [4.78, 5) is 26.7. The van der Waals surface area contributed by atoms with Crippen LogP contribution in [0.3, 0.4) is 0 Å². The molecule has 1 amide bonds. The molecule has 2 N–H and O–H groups in total. The largest absolute Gasteiger partial charge is 0.481 e. The number of aryl methyl sites for hydroxylation is 1. The fraction of sp³-hybridized carbons (Fsp3) is 0.667. The number of hydrogen-bond acceptors (Lipinski definition) is 5. The topological polar surface area (TPSA) is 106 Å². The molecule has 1 aliphatic heterocycles. The molecule has 8 heteroatoms. The summed E-state index contributed by atoms with van der Waals surface area (Å²) in [5.41, 5.74) is -0.599. The van der Waals surface area contributed by atoms with E-state index in [9.17, 15) is 9.59 Å². The van der Waals surface area contributed by atoms with Crippen molar-refractivity contribution in [1.82, 2.24) is 14.8 Å². The lowest BCUT2D eigenvalue weighted by Crippen LogP contribution is -2.28. The van der Waals surface area contributed by atoms with E-state index in [0.29, 0.717) is 18.7 Å². The molecule has 1 aliphatic rings. The van der Waals surface area contributed by atoms with E-state index in [1.807, 2.05) is 0 Å². The molecule has 1 unspecified atom stereocenters. The second-order valence-electron chi connectivity index (χ2n) is 5.73. The zero-order valence-corrected chi connectivity index (χ0v) is 11.7. The van der Waals surface area contributed by atoms with Crippen molar-refractivity contribution >= 4 is 18.0 Å². The first-order valence-electron chi connectivity index (χ1n) is 6.41. The second-order valence-corrected chi connectivity index (χ2v) is 5.73. The van der Waals surface area contributed by atoms with Gasteiger partial charge in [0.05, 0.1) is 12.5 Å². The second kappa shape index (κ2) is 5.10. The smallest absolute Gasteiger partial charge is 0.414 e. The number of rotatable bonds is 2. The van der Waals surface area contributed by atoms with Crippen LogP contribution in [0.1, 0.15) is 33.0 Å². The van der Waals surface area contributed by atoms with Crippen LogP contribution in [0.25, 0.3) is 0 Å². The summed E-state index contributed by atoms with van der Waals surface area (Å²) < 4.78 is 6.62. The van der Waals surface area contributed by atoms with Gasteiger partial charge in [-0.25, -0.2) is 9.48 Å². The normalized spacial score (nSPS) is 18.2. The van der Waals surface area contributed by atoms with Gasteiger partial charge in [0, 0.05) is 6.42 Å². The first kappa shape index (κ1) is 14.3. The van der Waals surface area contributed by atoms with E-state index in [1.165, 1.54) is 4.68 Å². The van der Waals surface area contributed by atoms with Gasteiger partial charge in [0.2, 0.25) is 0 Å². The van der Waals surface area contributed by atoms with Crippen molar-refractivity contribution in [3.63, 3.8) is 0 Å². The quantitative estimate of drug-likeness (QED) is 0.846.